The molecule has 3 rings (SSSR count). The molecule has 1 heterocycles. The Kier molecular flexibility index (Phi) is 5.18. The Labute approximate surface area is 151 Å². The van der Waals surface area contributed by atoms with Crippen LogP contribution in [0.1, 0.15) is 10.4 Å². The number of H-pyrrole nitrogens is 1. The van der Waals surface area contributed by atoms with E-state index in [1.54, 1.807) is 12.1 Å². The summed E-state index contributed by atoms with van der Waals surface area (Å²) in [7, 11) is 0. The highest BCUT2D eigenvalue weighted by molar-refractivity contribution is 7.99. The second-order valence-electron chi connectivity index (χ2n) is 5.18. The van der Waals surface area contributed by atoms with Crippen LogP contribution in [0.25, 0.3) is 5.69 Å². The average Bonchev–Trinajstić information content (AvgIpc) is 3.02. The normalized spacial score (nSPS) is 10.5. The Morgan fingerprint density at radius 2 is 1.81 bits per heavy atom. The SMILES string of the molecule is O=C(CSc1c(=O)o[nH][n+]1-c1ccccc1)Nc1ccc(C(=O)O)cc1. The quantitative estimate of drug-likeness (QED) is 0.448. The average molecular weight is 372 g/mol. The smallest absolute Gasteiger partial charge is 0.442 e. The number of nitrogens with zero attached hydrogens (tertiary/aromatic N) is 1. The summed E-state index contributed by atoms with van der Waals surface area (Å²) >= 11 is 1.03. The largest absolute Gasteiger partial charge is 0.478 e. The lowest BCUT2D eigenvalue weighted by molar-refractivity contribution is -0.704. The lowest BCUT2D eigenvalue weighted by Crippen LogP contribution is -2.36. The molecule has 0 aliphatic carbocycles. The Hall–Kier alpha value is -3.33. The molecular formula is C17H14N3O5S+. The van der Waals surface area contributed by atoms with Gasteiger partial charge in [0.05, 0.1) is 11.3 Å². The predicted molar refractivity (Wildman–Crippen MR) is 93.6 cm³/mol. The number of para-hydroxylation sites is 1. The van der Waals surface area contributed by atoms with Crippen molar-refractivity contribution in [2.24, 2.45) is 0 Å². The van der Waals surface area contributed by atoms with E-state index in [9.17, 15) is 14.4 Å². The molecule has 0 saturated heterocycles. The summed E-state index contributed by atoms with van der Waals surface area (Å²) in [6, 6.07) is 14.9. The van der Waals surface area contributed by atoms with Gasteiger partial charge in [-0.1, -0.05) is 18.2 Å². The maximum absolute atomic E-state index is 12.1. The van der Waals surface area contributed by atoms with Crippen molar-refractivity contribution in [3.05, 3.63) is 70.6 Å². The van der Waals surface area contributed by atoms with E-state index in [0.717, 1.165) is 11.8 Å². The molecule has 2 aromatic carbocycles. The van der Waals surface area contributed by atoms with Gasteiger partial charge in [-0.25, -0.2) is 9.59 Å². The third kappa shape index (κ3) is 4.01. The van der Waals surface area contributed by atoms with Crippen molar-refractivity contribution in [3.8, 4) is 5.69 Å². The Morgan fingerprint density at radius 1 is 1.12 bits per heavy atom. The van der Waals surface area contributed by atoms with Crippen molar-refractivity contribution < 1.29 is 23.9 Å². The van der Waals surface area contributed by atoms with Gasteiger partial charge in [-0.2, -0.15) is 0 Å². The van der Waals surface area contributed by atoms with E-state index in [-0.39, 0.29) is 22.2 Å². The van der Waals surface area contributed by atoms with Gasteiger partial charge >= 0.3 is 16.6 Å². The Balaban J connectivity index is 1.66. The summed E-state index contributed by atoms with van der Waals surface area (Å²) in [4.78, 5) is 34.8. The number of rotatable bonds is 6. The number of carboxylic acids is 1. The molecule has 3 aromatic rings. The predicted octanol–water partition coefficient (Wildman–Crippen LogP) is 1.67. The molecule has 0 radical (unpaired) electrons. The fraction of sp³-hybridized carbons (Fsp3) is 0.0588. The third-order valence-corrected chi connectivity index (χ3v) is 4.41. The molecule has 0 aliphatic rings. The number of hydrogen-bond acceptors (Lipinski definition) is 5. The number of nitrogens with one attached hydrogen (secondary N) is 2. The highest BCUT2D eigenvalue weighted by Crippen LogP contribution is 2.14. The molecule has 1 amide bonds. The van der Waals surface area contributed by atoms with E-state index < -0.39 is 11.6 Å². The molecule has 26 heavy (non-hydrogen) atoms. The number of carboxylic acid groups (broad SMARTS) is 1. The molecule has 0 atom stereocenters. The van der Waals surface area contributed by atoms with Crippen molar-refractivity contribution in [2.45, 2.75) is 5.03 Å². The number of carbonyl (C=O) groups is 2. The first kappa shape index (κ1) is 17.5. The maximum Gasteiger partial charge on any atom is 0.442 e. The van der Waals surface area contributed by atoms with Gasteiger partial charge in [0.25, 0.3) is 0 Å². The van der Waals surface area contributed by atoms with E-state index in [1.807, 2.05) is 18.2 Å². The zero-order chi connectivity index (χ0) is 18.5. The minimum atomic E-state index is -1.04. The number of benzene rings is 2. The number of aromatic amines is 1. The van der Waals surface area contributed by atoms with Crippen LogP contribution in [0.15, 0.2) is 68.9 Å². The second kappa shape index (κ2) is 7.70. The summed E-state index contributed by atoms with van der Waals surface area (Å²) in [6.45, 7) is 0. The van der Waals surface area contributed by atoms with Gasteiger partial charge in [-0.3, -0.25) is 9.32 Å². The number of aromatic nitrogens is 2. The summed E-state index contributed by atoms with van der Waals surface area (Å²) < 4.78 is 6.27. The zero-order valence-electron chi connectivity index (χ0n) is 13.3. The third-order valence-electron chi connectivity index (χ3n) is 3.38. The summed E-state index contributed by atoms with van der Waals surface area (Å²) in [5, 5.41) is 14.2. The van der Waals surface area contributed by atoms with Crippen LogP contribution in [-0.4, -0.2) is 28.0 Å². The molecular weight excluding hydrogens is 358 g/mol. The van der Waals surface area contributed by atoms with E-state index in [0.29, 0.717) is 11.4 Å². The second-order valence-corrected chi connectivity index (χ2v) is 6.14. The van der Waals surface area contributed by atoms with Gasteiger partial charge in [0.2, 0.25) is 11.6 Å². The fourth-order valence-electron chi connectivity index (χ4n) is 2.16. The van der Waals surface area contributed by atoms with Gasteiger partial charge < -0.3 is 10.4 Å². The Bertz CT molecular complexity index is 980. The van der Waals surface area contributed by atoms with Gasteiger partial charge in [0.15, 0.2) is 0 Å². The lowest BCUT2D eigenvalue weighted by Gasteiger charge is -2.04. The number of aromatic carboxylic acids is 1. The fourth-order valence-corrected chi connectivity index (χ4v) is 2.93. The minimum Gasteiger partial charge on any atom is -0.478 e. The first-order valence-corrected chi connectivity index (χ1v) is 8.48. The first-order valence-electron chi connectivity index (χ1n) is 7.49. The summed E-state index contributed by atoms with van der Waals surface area (Å²) in [5.74, 6) is -1.39. The standard InChI is InChI=1S/C17H13N3O5S/c21-14(18-12-8-6-11(7-9-12)16(22)23)10-26-15-17(24)25-19-20(15)13-4-2-1-3-5-13/h1-9H,10H2,(H2-,18,19,21,22,23,24)/p+1. The molecule has 9 heteroatoms. The molecule has 0 aliphatic heterocycles. The lowest BCUT2D eigenvalue weighted by atomic mass is 10.2. The maximum atomic E-state index is 12.1. The van der Waals surface area contributed by atoms with Crippen LogP contribution in [-0.2, 0) is 4.79 Å². The van der Waals surface area contributed by atoms with Crippen LogP contribution < -0.4 is 15.6 Å². The number of carbonyl (C=O) groups excluding carboxylic acids is 1. The van der Waals surface area contributed by atoms with Crippen molar-refractivity contribution >= 4 is 29.3 Å². The Morgan fingerprint density at radius 3 is 2.46 bits per heavy atom. The van der Waals surface area contributed by atoms with Crippen LogP contribution in [0.4, 0.5) is 5.69 Å². The van der Waals surface area contributed by atoms with Gasteiger partial charge in [-0.15, -0.1) is 0 Å². The molecule has 0 spiro atoms. The van der Waals surface area contributed by atoms with Crippen LogP contribution in [0.3, 0.4) is 0 Å². The highest BCUT2D eigenvalue weighted by Gasteiger charge is 2.24. The number of amides is 1. The van der Waals surface area contributed by atoms with E-state index in [1.165, 1.54) is 28.9 Å². The van der Waals surface area contributed by atoms with Crippen LogP contribution >= 0.6 is 11.8 Å². The molecule has 0 unspecified atom stereocenters. The number of thioether (sulfide) groups is 1. The van der Waals surface area contributed by atoms with E-state index >= 15 is 0 Å². The topological polar surface area (TPSA) is 116 Å². The number of hydrogen-bond donors (Lipinski definition) is 3. The van der Waals surface area contributed by atoms with Gasteiger partial charge in [-0.05, 0) is 46.0 Å². The molecule has 1 aromatic heterocycles. The van der Waals surface area contributed by atoms with Crippen LogP contribution in [0, 0.1) is 0 Å². The summed E-state index contributed by atoms with van der Waals surface area (Å²) in [5.41, 5.74) is 0.729. The highest BCUT2D eigenvalue weighted by atomic mass is 32.2. The van der Waals surface area contributed by atoms with Crippen molar-refractivity contribution in [3.63, 3.8) is 0 Å². The molecule has 0 fully saturated rings. The minimum absolute atomic E-state index is 0.0177. The van der Waals surface area contributed by atoms with Gasteiger partial charge in [0.1, 0.15) is 0 Å². The molecule has 0 saturated carbocycles. The summed E-state index contributed by atoms with van der Waals surface area (Å²) in [6.07, 6.45) is 0. The zero-order valence-corrected chi connectivity index (χ0v) is 14.2. The van der Waals surface area contributed by atoms with Crippen molar-refractivity contribution in [1.82, 2.24) is 5.27 Å². The van der Waals surface area contributed by atoms with Gasteiger partial charge in [0, 0.05) is 17.8 Å². The van der Waals surface area contributed by atoms with Crippen LogP contribution in [0.5, 0.6) is 0 Å². The molecule has 3 N–H and O–H groups in total. The van der Waals surface area contributed by atoms with E-state index in [4.69, 9.17) is 9.63 Å². The first-order chi connectivity index (χ1) is 12.5. The molecule has 132 valence electrons. The molecule has 8 nitrogen and oxygen atoms in total. The monoisotopic (exact) mass is 372 g/mol. The van der Waals surface area contributed by atoms with Crippen LogP contribution in [0.2, 0.25) is 0 Å². The van der Waals surface area contributed by atoms with Crippen molar-refractivity contribution in [2.75, 3.05) is 11.1 Å². The number of anilines is 1. The van der Waals surface area contributed by atoms with E-state index in [2.05, 4.69) is 10.6 Å². The van der Waals surface area contributed by atoms with Crippen molar-refractivity contribution in [1.29, 1.82) is 0 Å². The molecule has 0 bridgehead atoms.